The van der Waals surface area contributed by atoms with Gasteiger partial charge in [0.15, 0.2) is 5.82 Å². The second-order valence-electron chi connectivity index (χ2n) is 2.97. The lowest BCUT2D eigenvalue weighted by Gasteiger charge is -2.06. The lowest BCUT2D eigenvalue weighted by Crippen LogP contribution is -2.15. The van der Waals surface area contributed by atoms with Gasteiger partial charge in [-0.15, -0.1) is 0 Å². The fraction of sp³-hybridized carbons (Fsp3) is 0.500. The number of aromatic nitrogens is 1. The minimum Gasteiger partial charge on any atom is -0.479 e. The Morgan fingerprint density at radius 3 is 3.00 bits per heavy atom. The van der Waals surface area contributed by atoms with Crippen molar-refractivity contribution in [2.45, 2.75) is 19.9 Å². The normalized spacial score (nSPS) is 10.2. The van der Waals surface area contributed by atoms with Gasteiger partial charge in [0.05, 0.1) is 7.11 Å². The molecule has 0 radical (unpaired) electrons. The van der Waals surface area contributed by atoms with Crippen LogP contribution in [0.4, 0.5) is 4.39 Å². The fourth-order valence-corrected chi connectivity index (χ4v) is 1.14. The van der Waals surface area contributed by atoms with E-state index in [2.05, 4.69) is 17.2 Å². The van der Waals surface area contributed by atoms with Crippen LogP contribution in [0.1, 0.15) is 18.9 Å². The van der Waals surface area contributed by atoms with Gasteiger partial charge >= 0.3 is 0 Å². The van der Waals surface area contributed by atoms with Crippen molar-refractivity contribution < 1.29 is 9.13 Å². The van der Waals surface area contributed by atoms with Crippen LogP contribution >= 0.6 is 0 Å². The van der Waals surface area contributed by atoms with Crippen LogP contribution in [0.15, 0.2) is 12.3 Å². The van der Waals surface area contributed by atoms with Crippen molar-refractivity contribution in [1.82, 2.24) is 10.3 Å². The van der Waals surface area contributed by atoms with Crippen molar-refractivity contribution in [2.75, 3.05) is 13.7 Å². The van der Waals surface area contributed by atoms with Gasteiger partial charge < -0.3 is 10.1 Å². The molecule has 0 amide bonds. The first-order chi connectivity index (χ1) is 6.79. The molecule has 0 unspecified atom stereocenters. The van der Waals surface area contributed by atoms with Crippen molar-refractivity contribution in [1.29, 1.82) is 0 Å². The van der Waals surface area contributed by atoms with Gasteiger partial charge in [0.2, 0.25) is 5.88 Å². The zero-order chi connectivity index (χ0) is 10.4. The van der Waals surface area contributed by atoms with E-state index in [0.29, 0.717) is 12.1 Å². The molecule has 0 aliphatic heterocycles. The summed E-state index contributed by atoms with van der Waals surface area (Å²) in [5.41, 5.74) is 0.588. The molecule has 0 spiro atoms. The monoisotopic (exact) mass is 198 g/mol. The Morgan fingerprint density at radius 1 is 1.57 bits per heavy atom. The summed E-state index contributed by atoms with van der Waals surface area (Å²) in [4.78, 5) is 3.76. The molecule has 3 nitrogen and oxygen atoms in total. The quantitative estimate of drug-likeness (QED) is 0.731. The Kier molecular flexibility index (Phi) is 4.32. The predicted molar refractivity (Wildman–Crippen MR) is 52.7 cm³/mol. The maximum atomic E-state index is 13.5. The van der Waals surface area contributed by atoms with Crippen LogP contribution < -0.4 is 10.1 Å². The lowest BCUT2D eigenvalue weighted by molar-refractivity contribution is 0.366. The number of halogens is 1. The van der Waals surface area contributed by atoms with Crippen LogP contribution in [0, 0.1) is 5.82 Å². The van der Waals surface area contributed by atoms with Gasteiger partial charge in [-0.05, 0) is 19.0 Å². The average Bonchev–Trinajstić information content (AvgIpc) is 2.21. The number of nitrogens with zero attached hydrogens (tertiary/aromatic N) is 1. The molecule has 78 valence electrons. The van der Waals surface area contributed by atoms with Crippen LogP contribution in [0.5, 0.6) is 5.88 Å². The van der Waals surface area contributed by atoms with Gasteiger partial charge in [-0.1, -0.05) is 6.92 Å². The van der Waals surface area contributed by atoms with E-state index < -0.39 is 0 Å². The van der Waals surface area contributed by atoms with Crippen LogP contribution in [-0.2, 0) is 6.54 Å². The highest BCUT2D eigenvalue weighted by Crippen LogP contribution is 2.16. The maximum Gasteiger partial charge on any atom is 0.250 e. The standard InChI is InChI=1S/C10H15FN2O/c1-3-5-12-7-8-4-6-13-10(14-2)9(8)11/h4,6,12H,3,5,7H2,1-2H3. The summed E-state index contributed by atoms with van der Waals surface area (Å²) in [6.45, 7) is 3.46. The third-order valence-electron chi connectivity index (χ3n) is 1.87. The Bertz CT molecular complexity index is 291. The molecule has 1 N–H and O–H groups in total. The average molecular weight is 198 g/mol. The van der Waals surface area contributed by atoms with Crippen molar-refractivity contribution in [2.24, 2.45) is 0 Å². The van der Waals surface area contributed by atoms with Crippen molar-refractivity contribution in [3.05, 3.63) is 23.6 Å². The van der Waals surface area contributed by atoms with E-state index in [1.165, 1.54) is 7.11 Å². The van der Waals surface area contributed by atoms with Crippen molar-refractivity contribution in [3.63, 3.8) is 0 Å². The Balaban J connectivity index is 2.66. The molecule has 0 saturated heterocycles. The fourth-order valence-electron chi connectivity index (χ4n) is 1.14. The number of nitrogens with one attached hydrogen (secondary N) is 1. The molecule has 0 fully saturated rings. The summed E-state index contributed by atoms with van der Waals surface area (Å²) in [5.74, 6) is -0.320. The zero-order valence-electron chi connectivity index (χ0n) is 8.51. The summed E-state index contributed by atoms with van der Waals surface area (Å²) in [7, 11) is 1.41. The van der Waals surface area contributed by atoms with E-state index in [0.717, 1.165) is 13.0 Å². The van der Waals surface area contributed by atoms with E-state index in [4.69, 9.17) is 4.74 Å². The third kappa shape index (κ3) is 2.67. The number of hydrogen-bond acceptors (Lipinski definition) is 3. The van der Waals surface area contributed by atoms with Gasteiger partial charge in [0.25, 0.3) is 0 Å². The molecular formula is C10H15FN2O. The molecule has 14 heavy (non-hydrogen) atoms. The highest BCUT2D eigenvalue weighted by Gasteiger charge is 2.08. The smallest absolute Gasteiger partial charge is 0.250 e. The lowest BCUT2D eigenvalue weighted by atomic mass is 10.2. The van der Waals surface area contributed by atoms with E-state index in [1.54, 1.807) is 12.3 Å². The first kappa shape index (κ1) is 10.9. The van der Waals surface area contributed by atoms with Gasteiger partial charge in [-0.2, -0.15) is 0 Å². The molecule has 1 rings (SSSR count). The summed E-state index contributed by atoms with van der Waals surface area (Å²) >= 11 is 0. The van der Waals surface area contributed by atoms with Crippen molar-refractivity contribution >= 4 is 0 Å². The number of ether oxygens (including phenoxy) is 1. The first-order valence-corrected chi connectivity index (χ1v) is 4.67. The van der Waals surface area contributed by atoms with Crippen LogP contribution in [-0.4, -0.2) is 18.6 Å². The van der Waals surface area contributed by atoms with Crippen LogP contribution in [0.2, 0.25) is 0 Å². The van der Waals surface area contributed by atoms with E-state index >= 15 is 0 Å². The van der Waals surface area contributed by atoms with Gasteiger partial charge in [-0.3, -0.25) is 0 Å². The highest BCUT2D eigenvalue weighted by atomic mass is 19.1. The molecular weight excluding hydrogens is 183 g/mol. The first-order valence-electron chi connectivity index (χ1n) is 4.67. The zero-order valence-corrected chi connectivity index (χ0v) is 8.51. The SMILES string of the molecule is CCCNCc1ccnc(OC)c1F. The van der Waals surface area contributed by atoms with Crippen molar-refractivity contribution in [3.8, 4) is 5.88 Å². The van der Waals surface area contributed by atoms with Gasteiger partial charge in [-0.25, -0.2) is 9.37 Å². The topological polar surface area (TPSA) is 34.2 Å². The molecule has 1 aromatic heterocycles. The highest BCUT2D eigenvalue weighted by molar-refractivity contribution is 5.23. The summed E-state index contributed by atoms with van der Waals surface area (Å²) in [5, 5.41) is 3.12. The van der Waals surface area contributed by atoms with E-state index in [-0.39, 0.29) is 11.7 Å². The maximum absolute atomic E-state index is 13.5. The molecule has 0 aliphatic rings. The summed E-state index contributed by atoms with van der Waals surface area (Å²) in [6, 6.07) is 1.65. The third-order valence-corrected chi connectivity index (χ3v) is 1.87. The second-order valence-corrected chi connectivity index (χ2v) is 2.97. The predicted octanol–water partition coefficient (Wildman–Crippen LogP) is 1.73. The molecule has 0 bridgehead atoms. The molecule has 4 heteroatoms. The molecule has 1 heterocycles. The Hall–Kier alpha value is -1.16. The van der Waals surface area contributed by atoms with E-state index in [1.807, 2.05) is 0 Å². The number of hydrogen-bond donors (Lipinski definition) is 1. The Labute approximate surface area is 83.3 Å². The number of methoxy groups -OCH3 is 1. The van der Waals surface area contributed by atoms with Crippen LogP contribution in [0.25, 0.3) is 0 Å². The molecule has 1 aromatic rings. The number of rotatable bonds is 5. The summed E-state index contributed by atoms with van der Waals surface area (Å²) < 4.78 is 18.3. The molecule has 0 aliphatic carbocycles. The van der Waals surface area contributed by atoms with E-state index in [9.17, 15) is 4.39 Å². The Morgan fingerprint density at radius 2 is 2.36 bits per heavy atom. The van der Waals surface area contributed by atoms with Gasteiger partial charge in [0, 0.05) is 18.3 Å². The number of pyridine rings is 1. The minimum atomic E-state index is -0.376. The minimum absolute atomic E-state index is 0.0563. The molecule has 0 aromatic carbocycles. The largest absolute Gasteiger partial charge is 0.479 e. The van der Waals surface area contributed by atoms with Crippen LogP contribution in [0.3, 0.4) is 0 Å². The molecule has 0 saturated carbocycles. The van der Waals surface area contributed by atoms with Gasteiger partial charge in [0.1, 0.15) is 0 Å². The summed E-state index contributed by atoms with van der Waals surface area (Å²) in [6.07, 6.45) is 2.58. The second kappa shape index (κ2) is 5.54. The molecule has 0 atom stereocenters.